The summed E-state index contributed by atoms with van der Waals surface area (Å²) in [6, 6.07) is 12.4. The van der Waals surface area contributed by atoms with Crippen molar-refractivity contribution in [2.24, 2.45) is 5.92 Å². The maximum atomic E-state index is 13.4. The van der Waals surface area contributed by atoms with E-state index >= 15 is 0 Å². The van der Waals surface area contributed by atoms with Gasteiger partial charge in [0.2, 0.25) is 0 Å². The van der Waals surface area contributed by atoms with E-state index in [0.717, 1.165) is 36.1 Å². The lowest BCUT2D eigenvalue weighted by Gasteiger charge is -2.44. The van der Waals surface area contributed by atoms with Crippen molar-refractivity contribution in [2.75, 3.05) is 6.54 Å². The molecule has 0 aliphatic heterocycles. The molecular formula is C27H32F3NO5. The fraction of sp³-hybridized carbons (Fsp3) is 0.519. The summed E-state index contributed by atoms with van der Waals surface area (Å²) in [4.78, 5) is 13.4. The molecule has 2 aromatic carbocycles. The number of aryl methyl sites for hydroxylation is 1. The van der Waals surface area contributed by atoms with Crippen molar-refractivity contribution in [3.63, 3.8) is 0 Å². The van der Waals surface area contributed by atoms with Gasteiger partial charge in [-0.25, -0.2) is 0 Å². The minimum absolute atomic E-state index is 0.0491. The summed E-state index contributed by atoms with van der Waals surface area (Å²) in [7, 11) is 0. The van der Waals surface area contributed by atoms with Crippen LogP contribution in [0.5, 0.6) is 0 Å². The second-order valence-electron chi connectivity index (χ2n) is 9.94. The molecule has 0 heterocycles. The third-order valence-electron chi connectivity index (χ3n) is 6.82. The first-order chi connectivity index (χ1) is 17.1. The standard InChI is InChI=1S/C27H32F3NO5/c1-17-4-2-5-19(10-17)16-36-26(25(34)31-14-18-8-9-18)12-22(32)24(33)23(13-26)35-15-20-6-3-7-21(11-20)27(28,29)30/h2-7,10-11,18,22-24,32-33H,8-9,12-16H2,1H3,(H,31,34)/t22-,23+,24-,26+/m1/s1. The van der Waals surface area contributed by atoms with Gasteiger partial charge in [-0.05, 0) is 48.9 Å². The number of hydrogen-bond acceptors (Lipinski definition) is 5. The number of aliphatic hydroxyl groups excluding tert-OH is 2. The number of carbonyl (C=O) groups is 1. The molecule has 2 aliphatic carbocycles. The average molecular weight is 508 g/mol. The Bertz CT molecular complexity index is 1060. The minimum atomic E-state index is -4.49. The normalized spacial score (nSPS) is 26.6. The first-order valence-electron chi connectivity index (χ1n) is 12.2. The predicted octanol–water partition coefficient (Wildman–Crippen LogP) is 3.90. The Morgan fingerprint density at radius 1 is 1.06 bits per heavy atom. The minimum Gasteiger partial charge on any atom is -0.390 e. The van der Waals surface area contributed by atoms with Crippen molar-refractivity contribution in [3.8, 4) is 0 Å². The van der Waals surface area contributed by atoms with E-state index in [9.17, 15) is 28.2 Å². The van der Waals surface area contributed by atoms with Crippen LogP contribution in [0.1, 0.15) is 47.9 Å². The number of benzene rings is 2. The van der Waals surface area contributed by atoms with Gasteiger partial charge in [-0.3, -0.25) is 4.79 Å². The van der Waals surface area contributed by atoms with Crippen molar-refractivity contribution in [2.45, 2.75) is 75.9 Å². The molecule has 196 valence electrons. The molecule has 2 saturated carbocycles. The number of nitrogens with one attached hydrogen (secondary N) is 1. The quantitative estimate of drug-likeness (QED) is 0.479. The molecule has 0 spiro atoms. The summed E-state index contributed by atoms with van der Waals surface area (Å²) in [5.74, 6) is 0.0375. The van der Waals surface area contributed by atoms with Gasteiger partial charge in [0.25, 0.3) is 5.91 Å². The van der Waals surface area contributed by atoms with Crippen molar-refractivity contribution < 1.29 is 37.7 Å². The topological polar surface area (TPSA) is 88.0 Å². The Kier molecular flexibility index (Phi) is 8.04. The number of carbonyl (C=O) groups excluding carboxylic acids is 1. The Hall–Kier alpha value is -2.46. The predicted molar refractivity (Wildman–Crippen MR) is 126 cm³/mol. The third kappa shape index (κ3) is 6.64. The number of halogens is 3. The van der Waals surface area contributed by atoms with E-state index in [2.05, 4.69) is 5.32 Å². The molecule has 0 radical (unpaired) electrons. The zero-order valence-corrected chi connectivity index (χ0v) is 20.1. The van der Waals surface area contributed by atoms with Gasteiger partial charge >= 0.3 is 6.18 Å². The smallest absolute Gasteiger partial charge is 0.390 e. The second-order valence-corrected chi connectivity index (χ2v) is 9.94. The van der Waals surface area contributed by atoms with Crippen molar-refractivity contribution in [1.29, 1.82) is 0 Å². The molecule has 9 heteroatoms. The summed E-state index contributed by atoms with van der Waals surface area (Å²) in [6.07, 6.45) is -6.23. The molecule has 2 aromatic rings. The number of hydrogen-bond donors (Lipinski definition) is 3. The highest BCUT2D eigenvalue weighted by atomic mass is 19.4. The van der Waals surface area contributed by atoms with Gasteiger partial charge in [0.05, 0.1) is 31.0 Å². The first-order valence-corrected chi connectivity index (χ1v) is 12.2. The van der Waals surface area contributed by atoms with Crippen LogP contribution in [-0.4, -0.2) is 46.6 Å². The number of aliphatic hydroxyl groups is 2. The van der Waals surface area contributed by atoms with Crippen LogP contribution < -0.4 is 5.32 Å². The molecule has 1 amide bonds. The Morgan fingerprint density at radius 3 is 2.42 bits per heavy atom. The van der Waals surface area contributed by atoms with E-state index in [0.29, 0.717) is 12.5 Å². The number of amides is 1. The van der Waals surface area contributed by atoms with Crippen molar-refractivity contribution in [3.05, 3.63) is 70.8 Å². The van der Waals surface area contributed by atoms with Crippen LogP contribution in [0.25, 0.3) is 0 Å². The molecule has 0 saturated heterocycles. The maximum absolute atomic E-state index is 13.4. The average Bonchev–Trinajstić information content (AvgIpc) is 3.67. The number of rotatable bonds is 9. The third-order valence-corrected chi connectivity index (χ3v) is 6.82. The van der Waals surface area contributed by atoms with Crippen molar-refractivity contribution >= 4 is 5.91 Å². The van der Waals surface area contributed by atoms with E-state index in [4.69, 9.17) is 9.47 Å². The molecule has 6 nitrogen and oxygen atoms in total. The molecule has 4 rings (SSSR count). The lowest BCUT2D eigenvalue weighted by Crippen LogP contribution is -2.60. The largest absolute Gasteiger partial charge is 0.416 e. The summed E-state index contributed by atoms with van der Waals surface area (Å²) in [5, 5.41) is 24.2. The Labute approximate surface area is 208 Å². The van der Waals surface area contributed by atoms with Gasteiger partial charge in [-0.2, -0.15) is 13.2 Å². The zero-order chi connectivity index (χ0) is 25.9. The first kappa shape index (κ1) is 26.6. The Balaban J connectivity index is 1.51. The molecule has 3 N–H and O–H groups in total. The van der Waals surface area contributed by atoms with Crippen LogP contribution in [0.15, 0.2) is 48.5 Å². The van der Waals surface area contributed by atoms with Gasteiger partial charge in [-0.1, -0.05) is 42.0 Å². The SMILES string of the molecule is Cc1cccc(CO[C@@]2(C(=O)NCC3CC3)C[C@@H](O)[C@@H](O)[C@@H](OCc3cccc(C(F)(F)F)c3)C2)c1. The number of alkyl halides is 3. The highest BCUT2D eigenvalue weighted by molar-refractivity contribution is 5.85. The van der Waals surface area contributed by atoms with Crippen molar-refractivity contribution in [1.82, 2.24) is 5.32 Å². The van der Waals surface area contributed by atoms with Gasteiger partial charge in [0.15, 0.2) is 5.60 Å². The molecule has 0 unspecified atom stereocenters. The summed E-state index contributed by atoms with van der Waals surface area (Å²) < 4.78 is 51.2. The Morgan fingerprint density at radius 2 is 1.75 bits per heavy atom. The van der Waals surface area contributed by atoms with Crippen LogP contribution >= 0.6 is 0 Å². The molecular weight excluding hydrogens is 475 g/mol. The fourth-order valence-corrected chi connectivity index (χ4v) is 4.55. The molecule has 0 bridgehead atoms. The zero-order valence-electron chi connectivity index (χ0n) is 20.1. The van der Waals surface area contributed by atoms with E-state index in [1.165, 1.54) is 12.1 Å². The molecule has 0 aromatic heterocycles. The van der Waals surface area contributed by atoms with Gasteiger partial charge in [-0.15, -0.1) is 0 Å². The van der Waals surface area contributed by atoms with Gasteiger partial charge < -0.3 is 25.0 Å². The molecule has 36 heavy (non-hydrogen) atoms. The van der Waals surface area contributed by atoms with Crippen LogP contribution in [0.4, 0.5) is 13.2 Å². The van der Waals surface area contributed by atoms with Gasteiger partial charge in [0, 0.05) is 19.4 Å². The van der Waals surface area contributed by atoms with Crippen LogP contribution in [0.3, 0.4) is 0 Å². The molecule has 2 aliphatic rings. The van der Waals surface area contributed by atoms with Gasteiger partial charge in [0.1, 0.15) is 6.10 Å². The lowest BCUT2D eigenvalue weighted by molar-refractivity contribution is -0.200. The van der Waals surface area contributed by atoms with Crippen LogP contribution in [0, 0.1) is 12.8 Å². The lowest BCUT2D eigenvalue weighted by atomic mass is 9.78. The number of ether oxygens (including phenoxy) is 2. The maximum Gasteiger partial charge on any atom is 0.416 e. The summed E-state index contributed by atoms with van der Waals surface area (Å²) in [6.45, 7) is 2.33. The summed E-state index contributed by atoms with van der Waals surface area (Å²) >= 11 is 0. The summed E-state index contributed by atoms with van der Waals surface area (Å²) in [5.41, 5.74) is -0.115. The van der Waals surface area contributed by atoms with E-state index in [1.807, 2.05) is 31.2 Å². The highest BCUT2D eigenvalue weighted by Gasteiger charge is 2.51. The molecule has 2 fully saturated rings. The van der Waals surface area contributed by atoms with Crippen LogP contribution in [0.2, 0.25) is 0 Å². The van der Waals surface area contributed by atoms with E-state index in [1.54, 1.807) is 0 Å². The van der Waals surface area contributed by atoms with E-state index in [-0.39, 0.29) is 37.5 Å². The second kappa shape index (κ2) is 10.9. The van der Waals surface area contributed by atoms with Crippen LogP contribution in [-0.2, 0) is 33.7 Å². The van der Waals surface area contributed by atoms with E-state index < -0.39 is 35.7 Å². The highest BCUT2D eigenvalue weighted by Crippen LogP contribution is 2.37. The molecule has 4 atom stereocenters. The monoisotopic (exact) mass is 507 g/mol. The fourth-order valence-electron chi connectivity index (χ4n) is 4.55.